The Labute approximate surface area is 153 Å². The molecule has 2 heterocycles. The van der Waals surface area contributed by atoms with E-state index in [0.29, 0.717) is 19.5 Å². The molecule has 26 heavy (non-hydrogen) atoms. The Morgan fingerprint density at radius 1 is 1.08 bits per heavy atom. The summed E-state index contributed by atoms with van der Waals surface area (Å²) in [6.07, 6.45) is 6.85. The van der Waals surface area contributed by atoms with Crippen molar-refractivity contribution in [3.63, 3.8) is 0 Å². The van der Waals surface area contributed by atoms with Crippen LogP contribution < -0.4 is 5.32 Å². The van der Waals surface area contributed by atoms with Gasteiger partial charge in [-0.3, -0.25) is 14.6 Å². The molecule has 1 aliphatic heterocycles. The number of hydrogen-bond acceptors (Lipinski definition) is 3. The van der Waals surface area contributed by atoms with Crippen molar-refractivity contribution in [2.75, 3.05) is 19.6 Å². The van der Waals surface area contributed by atoms with Crippen LogP contribution in [0, 0.1) is 0 Å². The van der Waals surface area contributed by atoms with Gasteiger partial charge in [0.05, 0.1) is 11.1 Å². The number of para-hydroxylation sites is 1. The second-order valence-electron chi connectivity index (χ2n) is 7.23. The van der Waals surface area contributed by atoms with Gasteiger partial charge in [0, 0.05) is 37.1 Å². The summed E-state index contributed by atoms with van der Waals surface area (Å²) in [4.78, 5) is 31.5. The Bertz CT molecular complexity index is 847. The van der Waals surface area contributed by atoms with Gasteiger partial charge >= 0.3 is 0 Å². The number of nitrogens with one attached hydrogen (secondary N) is 1. The van der Waals surface area contributed by atoms with Gasteiger partial charge in [-0.25, -0.2) is 0 Å². The van der Waals surface area contributed by atoms with Gasteiger partial charge in [-0.05, 0) is 43.7 Å². The lowest BCUT2D eigenvalue weighted by Gasteiger charge is -2.18. The number of likely N-dealkylation sites (tertiary alicyclic amines) is 1. The lowest BCUT2D eigenvalue weighted by atomic mass is 9.96. The van der Waals surface area contributed by atoms with Crippen molar-refractivity contribution in [2.24, 2.45) is 0 Å². The summed E-state index contributed by atoms with van der Waals surface area (Å²) in [6.45, 7) is 1.90. The highest BCUT2D eigenvalue weighted by atomic mass is 16.2. The van der Waals surface area contributed by atoms with Gasteiger partial charge in [-0.15, -0.1) is 0 Å². The molecule has 1 fully saturated rings. The average Bonchev–Trinajstić information content (AvgIpc) is 2.91. The molecule has 5 nitrogen and oxygen atoms in total. The Morgan fingerprint density at radius 3 is 2.77 bits per heavy atom. The second-order valence-corrected chi connectivity index (χ2v) is 7.23. The van der Waals surface area contributed by atoms with Crippen LogP contribution in [0.2, 0.25) is 0 Å². The third-order valence-electron chi connectivity index (χ3n) is 5.48. The maximum atomic E-state index is 13.1. The van der Waals surface area contributed by atoms with Crippen molar-refractivity contribution in [2.45, 2.75) is 44.9 Å². The number of aromatic nitrogens is 1. The number of pyridine rings is 1. The first-order valence-corrected chi connectivity index (χ1v) is 9.70. The van der Waals surface area contributed by atoms with Crippen LogP contribution in [0.3, 0.4) is 0 Å². The van der Waals surface area contributed by atoms with Crippen molar-refractivity contribution in [1.29, 1.82) is 0 Å². The van der Waals surface area contributed by atoms with E-state index in [9.17, 15) is 9.59 Å². The quantitative estimate of drug-likeness (QED) is 0.862. The normalized spacial score (nSPS) is 17.2. The predicted molar refractivity (Wildman–Crippen MR) is 101 cm³/mol. The number of nitrogens with zero attached hydrogens (tertiary/aromatic N) is 2. The van der Waals surface area contributed by atoms with Gasteiger partial charge in [0.25, 0.3) is 5.91 Å². The van der Waals surface area contributed by atoms with Crippen LogP contribution >= 0.6 is 0 Å². The number of amides is 2. The number of benzene rings is 1. The minimum atomic E-state index is -0.0339. The van der Waals surface area contributed by atoms with Crippen molar-refractivity contribution in [1.82, 2.24) is 15.2 Å². The summed E-state index contributed by atoms with van der Waals surface area (Å²) in [5, 5.41) is 3.98. The van der Waals surface area contributed by atoms with Crippen LogP contribution in [0.4, 0.5) is 0 Å². The molecule has 1 aromatic carbocycles. The fourth-order valence-corrected chi connectivity index (χ4v) is 4.14. The molecule has 2 amide bonds. The highest BCUT2D eigenvalue weighted by molar-refractivity contribution is 6.07. The van der Waals surface area contributed by atoms with Gasteiger partial charge in [-0.2, -0.15) is 0 Å². The Morgan fingerprint density at radius 2 is 1.92 bits per heavy atom. The molecule has 1 N–H and O–H groups in total. The van der Waals surface area contributed by atoms with Gasteiger partial charge < -0.3 is 10.2 Å². The molecule has 2 aliphatic rings. The number of carbonyl (C=O) groups excluding carboxylic acids is 2. The first-order valence-electron chi connectivity index (χ1n) is 9.70. The summed E-state index contributed by atoms with van der Waals surface area (Å²) >= 11 is 0. The van der Waals surface area contributed by atoms with Crippen molar-refractivity contribution < 1.29 is 9.59 Å². The molecule has 4 rings (SSSR count). The standard InChI is InChI=1S/C21H25N3O2/c25-19-11-6-13-24(19)14-12-22-21(26)20-15-7-2-1-3-9-17(15)23-18-10-5-4-8-16(18)20/h4-5,8,10H,1-3,6-7,9,11-14H2,(H,22,26). The second kappa shape index (κ2) is 7.44. The summed E-state index contributed by atoms with van der Waals surface area (Å²) in [5.41, 5.74) is 3.89. The lowest BCUT2D eigenvalue weighted by molar-refractivity contribution is -0.127. The minimum Gasteiger partial charge on any atom is -0.350 e. The first kappa shape index (κ1) is 17.0. The number of rotatable bonds is 4. The summed E-state index contributed by atoms with van der Waals surface area (Å²) in [5.74, 6) is 0.163. The maximum Gasteiger partial charge on any atom is 0.252 e. The van der Waals surface area contributed by atoms with E-state index in [1.807, 2.05) is 29.2 Å². The zero-order chi connectivity index (χ0) is 17.9. The number of hydrogen-bond donors (Lipinski definition) is 1. The van der Waals surface area contributed by atoms with E-state index < -0.39 is 0 Å². The van der Waals surface area contributed by atoms with Gasteiger partial charge in [0.15, 0.2) is 0 Å². The molecule has 2 aromatic rings. The maximum absolute atomic E-state index is 13.1. The monoisotopic (exact) mass is 351 g/mol. The highest BCUT2D eigenvalue weighted by Crippen LogP contribution is 2.28. The largest absolute Gasteiger partial charge is 0.350 e. The van der Waals surface area contributed by atoms with E-state index in [2.05, 4.69) is 5.32 Å². The van der Waals surface area contributed by atoms with E-state index in [1.165, 1.54) is 6.42 Å². The van der Waals surface area contributed by atoms with Crippen LogP contribution in [0.1, 0.15) is 53.7 Å². The van der Waals surface area contributed by atoms with E-state index in [1.54, 1.807) is 0 Å². The molecule has 0 bridgehead atoms. The molecule has 0 atom stereocenters. The highest BCUT2D eigenvalue weighted by Gasteiger charge is 2.23. The Balaban J connectivity index is 1.60. The third-order valence-corrected chi connectivity index (χ3v) is 5.48. The van der Waals surface area contributed by atoms with Crippen LogP contribution in [0.5, 0.6) is 0 Å². The SMILES string of the molecule is O=C(NCCN1CCCC1=O)c1c2c(nc3ccccc13)CCCCC2. The van der Waals surface area contributed by atoms with Crippen LogP contribution in [0.15, 0.2) is 24.3 Å². The molecule has 1 saturated heterocycles. The van der Waals surface area contributed by atoms with Gasteiger partial charge in [0.1, 0.15) is 0 Å². The Kier molecular flexibility index (Phi) is 4.87. The first-order chi connectivity index (χ1) is 12.7. The molecule has 0 saturated carbocycles. The summed E-state index contributed by atoms with van der Waals surface area (Å²) in [7, 11) is 0. The summed E-state index contributed by atoms with van der Waals surface area (Å²) in [6, 6.07) is 7.92. The van der Waals surface area contributed by atoms with Crippen LogP contribution in [-0.2, 0) is 17.6 Å². The van der Waals surface area contributed by atoms with E-state index in [4.69, 9.17) is 4.98 Å². The third kappa shape index (κ3) is 3.30. The average molecular weight is 351 g/mol. The number of fused-ring (bicyclic) bond motifs is 2. The molecule has 0 spiro atoms. The lowest BCUT2D eigenvalue weighted by Crippen LogP contribution is -2.36. The molecule has 0 unspecified atom stereocenters. The van der Waals surface area contributed by atoms with Crippen molar-refractivity contribution in [3.05, 3.63) is 41.1 Å². The molecule has 1 aliphatic carbocycles. The summed E-state index contributed by atoms with van der Waals surface area (Å²) < 4.78 is 0. The fourth-order valence-electron chi connectivity index (χ4n) is 4.14. The molecule has 1 aromatic heterocycles. The van der Waals surface area contributed by atoms with E-state index in [-0.39, 0.29) is 11.8 Å². The zero-order valence-corrected chi connectivity index (χ0v) is 15.1. The predicted octanol–water partition coefficient (Wildman–Crippen LogP) is 2.86. The van der Waals surface area contributed by atoms with E-state index >= 15 is 0 Å². The smallest absolute Gasteiger partial charge is 0.252 e. The fraction of sp³-hybridized carbons (Fsp3) is 0.476. The van der Waals surface area contributed by atoms with Gasteiger partial charge in [-0.1, -0.05) is 24.6 Å². The number of carbonyl (C=O) groups is 2. The minimum absolute atomic E-state index is 0.0339. The molecule has 5 heteroatoms. The molecule has 136 valence electrons. The molecule has 0 radical (unpaired) electrons. The Hall–Kier alpha value is -2.43. The zero-order valence-electron chi connectivity index (χ0n) is 15.1. The molecular weight excluding hydrogens is 326 g/mol. The van der Waals surface area contributed by atoms with Crippen molar-refractivity contribution in [3.8, 4) is 0 Å². The van der Waals surface area contributed by atoms with Crippen LogP contribution in [0.25, 0.3) is 10.9 Å². The van der Waals surface area contributed by atoms with Crippen LogP contribution in [-0.4, -0.2) is 41.3 Å². The van der Waals surface area contributed by atoms with Gasteiger partial charge in [0.2, 0.25) is 5.91 Å². The number of aryl methyl sites for hydroxylation is 1. The molecular formula is C21H25N3O2. The van der Waals surface area contributed by atoms with E-state index in [0.717, 1.165) is 66.4 Å². The topological polar surface area (TPSA) is 62.3 Å². The van der Waals surface area contributed by atoms with Crippen molar-refractivity contribution >= 4 is 22.7 Å².